The van der Waals surface area contributed by atoms with E-state index in [1.54, 1.807) is 0 Å². The van der Waals surface area contributed by atoms with Gasteiger partial charge in [-0.15, -0.1) is 0 Å². The average molecular weight is 449 g/mol. The van der Waals surface area contributed by atoms with Crippen molar-refractivity contribution in [2.75, 3.05) is 0 Å². The van der Waals surface area contributed by atoms with Crippen LogP contribution in [-0.4, -0.2) is 0 Å². The number of hydrogen-bond acceptors (Lipinski definition) is 0. The van der Waals surface area contributed by atoms with Crippen molar-refractivity contribution in [2.45, 2.75) is 71.6 Å². The molecule has 114 valence electrons. The third kappa shape index (κ3) is 4.91. The van der Waals surface area contributed by atoms with Gasteiger partial charge in [0.1, 0.15) is 0 Å². The van der Waals surface area contributed by atoms with Crippen LogP contribution in [-0.2, 0) is 22.9 Å². The van der Waals surface area contributed by atoms with E-state index in [9.17, 15) is 0 Å². The van der Waals surface area contributed by atoms with Gasteiger partial charge in [0.05, 0.1) is 0 Å². The Morgan fingerprint density at radius 1 is 0.619 bits per heavy atom. The molecular formula is C20H30Hf. The van der Waals surface area contributed by atoms with Gasteiger partial charge in [-0.05, 0) is 0 Å². The Labute approximate surface area is 142 Å². The zero-order valence-electron chi connectivity index (χ0n) is 13.8. The first-order chi connectivity index (χ1) is 10.2. The van der Waals surface area contributed by atoms with E-state index < -0.39 is 22.9 Å². The molecule has 0 atom stereocenters. The van der Waals surface area contributed by atoms with Crippen molar-refractivity contribution in [3.8, 4) is 0 Å². The van der Waals surface area contributed by atoms with E-state index in [4.69, 9.17) is 0 Å². The van der Waals surface area contributed by atoms with Crippen LogP contribution in [0.5, 0.6) is 0 Å². The number of unbranched alkanes of at least 4 members (excludes halogenated alkanes) is 4. The molecule has 0 aromatic heterocycles. The fraction of sp³-hybridized carbons (Fsp3) is 0.600. The molecule has 2 rings (SSSR count). The molecular weight excluding hydrogens is 419 g/mol. The molecule has 1 heteroatoms. The van der Waals surface area contributed by atoms with Gasteiger partial charge in [0.15, 0.2) is 0 Å². The van der Waals surface area contributed by atoms with E-state index in [1.807, 2.05) is 0 Å². The fourth-order valence-electron chi connectivity index (χ4n) is 3.41. The van der Waals surface area contributed by atoms with Gasteiger partial charge in [0, 0.05) is 0 Å². The van der Waals surface area contributed by atoms with Crippen LogP contribution < -0.4 is 0 Å². The topological polar surface area (TPSA) is 0 Å². The molecule has 0 bridgehead atoms. The summed E-state index contributed by atoms with van der Waals surface area (Å²) < 4.78 is 1.00. The third-order valence-corrected chi connectivity index (χ3v) is 12.2. The normalized spacial score (nSPS) is 20.5. The molecule has 2 aliphatic carbocycles. The summed E-state index contributed by atoms with van der Waals surface area (Å²) in [5, 5.41) is 0. The second-order valence-corrected chi connectivity index (χ2v) is 14.1. The molecule has 0 aliphatic heterocycles. The fourth-order valence-corrected chi connectivity index (χ4v) is 11.3. The Bertz CT molecular complexity index is 361. The molecule has 0 radical (unpaired) electrons. The van der Waals surface area contributed by atoms with Crippen molar-refractivity contribution < 1.29 is 22.9 Å². The molecule has 0 nitrogen and oxygen atoms in total. The van der Waals surface area contributed by atoms with Crippen molar-refractivity contribution in [3.05, 3.63) is 48.6 Å². The van der Waals surface area contributed by atoms with Gasteiger partial charge < -0.3 is 0 Å². The standard InChI is InChI=1S/2C10H15.Hf/c2*1-2-3-4-7-10-8-5-6-9-10;/h2*5-6,8-9H,2-4,7H2,1H3;. The molecule has 21 heavy (non-hydrogen) atoms. The van der Waals surface area contributed by atoms with Gasteiger partial charge in [-0.2, -0.15) is 0 Å². The Hall–Kier alpha value is -0.170. The van der Waals surface area contributed by atoms with Crippen molar-refractivity contribution in [3.63, 3.8) is 0 Å². The summed E-state index contributed by atoms with van der Waals surface area (Å²) in [6, 6.07) is 0. The predicted molar refractivity (Wildman–Crippen MR) is 90.2 cm³/mol. The SMILES string of the molecule is CCCCC[C]1([Hf][C]2(CCCCC)C=CC=C2)C=CC=C1. The summed E-state index contributed by atoms with van der Waals surface area (Å²) in [5.74, 6) is 0. The van der Waals surface area contributed by atoms with Crippen LogP contribution in [0.2, 0.25) is 6.34 Å². The van der Waals surface area contributed by atoms with Gasteiger partial charge >= 0.3 is 143 Å². The van der Waals surface area contributed by atoms with Gasteiger partial charge in [-0.1, -0.05) is 0 Å². The molecule has 0 saturated carbocycles. The Kier molecular flexibility index (Phi) is 6.92. The van der Waals surface area contributed by atoms with Crippen LogP contribution in [0.1, 0.15) is 65.2 Å². The summed E-state index contributed by atoms with van der Waals surface area (Å²) in [6.45, 7) is 4.62. The minimum absolute atomic E-state index is 0.500. The molecule has 0 aromatic carbocycles. The summed E-state index contributed by atoms with van der Waals surface area (Å²) in [5.41, 5.74) is 0. The molecule has 0 spiro atoms. The monoisotopic (exact) mass is 450 g/mol. The molecule has 0 fully saturated rings. The first-order valence-electron chi connectivity index (χ1n) is 8.78. The molecule has 2 aliphatic rings. The van der Waals surface area contributed by atoms with Crippen molar-refractivity contribution in [2.24, 2.45) is 0 Å². The molecule has 0 saturated heterocycles. The Morgan fingerprint density at radius 3 is 1.33 bits per heavy atom. The van der Waals surface area contributed by atoms with Crippen molar-refractivity contribution in [1.29, 1.82) is 0 Å². The van der Waals surface area contributed by atoms with E-state index in [1.165, 1.54) is 51.4 Å². The van der Waals surface area contributed by atoms with Crippen LogP contribution in [0.25, 0.3) is 0 Å². The zero-order chi connectivity index (χ0) is 15.0. The maximum atomic E-state index is 2.55. The van der Waals surface area contributed by atoms with E-state index in [-0.39, 0.29) is 0 Å². The zero-order valence-corrected chi connectivity index (χ0v) is 17.4. The van der Waals surface area contributed by atoms with Crippen molar-refractivity contribution >= 4 is 0 Å². The quantitative estimate of drug-likeness (QED) is 0.254. The first-order valence-corrected chi connectivity index (χ1v) is 12.4. The van der Waals surface area contributed by atoms with Gasteiger partial charge in [0.25, 0.3) is 0 Å². The molecule has 0 unspecified atom stereocenters. The van der Waals surface area contributed by atoms with Crippen LogP contribution in [0, 0.1) is 0 Å². The second kappa shape index (κ2) is 8.46. The molecule has 0 N–H and O–H groups in total. The minimum atomic E-state index is -0.857. The first kappa shape index (κ1) is 17.2. The van der Waals surface area contributed by atoms with Crippen molar-refractivity contribution in [1.82, 2.24) is 0 Å². The molecule has 0 amide bonds. The maximum absolute atomic E-state index is 2.55. The summed E-state index contributed by atoms with van der Waals surface area (Å²) >= 11 is -0.857. The summed E-state index contributed by atoms with van der Waals surface area (Å²) in [7, 11) is 0. The second-order valence-electron chi connectivity index (χ2n) is 6.56. The third-order valence-electron chi connectivity index (χ3n) is 4.65. The van der Waals surface area contributed by atoms with E-state index in [0.29, 0.717) is 6.34 Å². The Balaban J connectivity index is 2.03. The van der Waals surface area contributed by atoms with Crippen LogP contribution in [0.15, 0.2) is 48.6 Å². The van der Waals surface area contributed by atoms with E-state index >= 15 is 0 Å². The summed E-state index contributed by atoms with van der Waals surface area (Å²) in [4.78, 5) is 0. The van der Waals surface area contributed by atoms with Gasteiger partial charge in [-0.25, -0.2) is 0 Å². The van der Waals surface area contributed by atoms with E-state index in [0.717, 1.165) is 0 Å². The molecule has 0 heterocycles. The Morgan fingerprint density at radius 2 is 1.00 bits per heavy atom. The van der Waals surface area contributed by atoms with E-state index in [2.05, 4.69) is 62.5 Å². The number of hydrogen-bond donors (Lipinski definition) is 0. The van der Waals surface area contributed by atoms with Crippen LogP contribution in [0.4, 0.5) is 0 Å². The molecule has 0 aromatic rings. The van der Waals surface area contributed by atoms with Crippen LogP contribution in [0.3, 0.4) is 0 Å². The van der Waals surface area contributed by atoms with Gasteiger partial charge in [0.2, 0.25) is 0 Å². The summed E-state index contributed by atoms with van der Waals surface area (Å²) in [6.07, 6.45) is 30.5. The number of rotatable bonds is 10. The van der Waals surface area contributed by atoms with Gasteiger partial charge in [-0.3, -0.25) is 0 Å². The predicted octanol–water partition coefficient (Wildman–Crippen LogP) is 6.80. The average Bonchev–Trinajstić information content (AvgIpc) is 3.11. The van der Waals surface area contributed by atoms with Crippen LogP contribution >= 0.6 is 0 Å². The number of allylic oxidation sites excluding steroid dienone is 8.